The van der Waals surface area contributed by atoms with Crippen LogP contribution in [0, 0.1) is 5.92 Å². The SMILES string of the molecule is COc1ccc(N2CCN3c4ccc(C(F)(F)F)cc4C[C@@H](C(=O)NCCCN4CCOCC4)[C@H]3C2)cc1. The number of halogens is 3. The molecule has 3 heterocycles. The third kappa shape index (κ3) is 5.86. The van der Waals surface area contributed by atoms with Crippen LogP contribution in [0.2, 0.25) is 0 Å². The van der Waals surface area contributed by atoms with E-state index in [2.05, 4.69) is 20.0 Å². The van der Waals surface area contributed by atoms with Crippen molar-refractivity contribution in [1.29, 1.82) is 0 Å². The summed E-state index contributed by atoms with van der Waals surface area (Å²) in [5.41, 5.74) is 1.75. The Morgan fingerprint density at radius 2 is 1.84 bits per heavy atom. The van der Waals surface area contributed by atoms with Gasteiger partial charge in [-0.05, 0) is 67.4 Å². The molecule has 3 aliphatic rings. The topological polar surface area (TPSA) is 57.3 Å². The molecule has 5 rings (SSSR count). The number of methoxy groups -OCH3 is 1. The van der Waals surface area contributed by atoms with Crippen molar-refractivity contribution in [2.45, 2.75) is 25.1 Å². The molecule has 0 bridgehead atoms. The number of carbonyl (C=O) groups is 1. The van der Waals surface area contributed by atoms with Crippen molar-refractivity contribution in [3.63, 3.8) is 0 Å². The fraction of sp³-hybridized carbons (Fsp3) is 0.536. The van der Waals surface area contributed by atoms with Gasteiger partial charge in [0.1, 0.15) is 5.75 Å². The molecule has 1 amide bonds. The number of alkyl halides is 3. The van der Waals surface area contributed by atoms with Gasteiger partial charge in [-0.3, -0.25) is 9.69 Å². The summed E-state index contributed by atoms with van der Waals surface area (Å²) in [6.45, 7) is 6.61. The Morgan fingerprint density at radius 1 is 1.08 bits per heavy atom. The summed E-state index contributed by atoms with van der Waals surface area (Å²) in [4.78, 5) is 20.2. The fourth-order valence-corrected chi connectivity index (χ4v) is 5.80. The second kappa shape index (κ2) is 11.4. The van der Waals surface area contributed by atoms with Crippen LogP contribution in [-0.4, -0.2) is 83.0 Å². The maximum atomic E-state index is 13.5. The van der Waals surface area contributed by atoms with Gasteiger partial charge < -0.3 is 24.6 Å². The zero-order valence-electron chi connectivity index (χ0n) is 21.7. The van der Waals surface area contributed by atoms with Gasteiger partial charge in [-0.25, -0.2) is 0 Å². The third-order valence-corrected chi connectivity index (χ3v) is 7.87. The summed E-state index contributed by atoms with van der Waals surface area (Å²) >= 11 is 0. The number of carbonyl (C=O) groups excluding carboxylic acids is 1. The van der Waals surface area contributed by atoms with E-state index in [4.69, 9.17) is 9.47 Å². The molecule has 0 radical (unpaired) electrons. The van der Waals surface area contributed by atoms with Gasteiger partial charge >= 0.3 is 6.18 Å². The van der Waals surface area contributed by atoms with Crippen LogP contribution in [0.3, 0.4) is 0 Å². The molecule has 38 heavy (non-hydrogen) atoms. The van der Waals surface area contributed by atoms with Crippen molar-refractivity contribution in [3.05, 3.63) is 53.6 Å². The molecule has 206 valence electrons. The first kappa shape index (κ1) is 26.6. The van der Waals surface area contributed by atoms with Crippen LogP contribution < -0.4 is 19.9 Å². The highest BCUT2D eigenvalue weighted by Crippen LogP contribution is 2.40. The number of hydrogen-bond acceptors (Lipinski definition) is 6. The number of piperazine rings is 1. The highest BCUT2D eigenvalue weighted by molar-refractivity contribution is 5.82. The largest absolute Gasteiger partial charge is 0.497 e. The minimum atomic E-state index is -4.42. The van der Waals surface area contributed by atoms with E-state index in [0.29, 0.717) is 31.7 Å². The van der Waals surface area contributed by atoms with Crippen LogP contribution in [0.25, 0.3) is 0 Å². The molecule has 2 aromatic carbocycles. The van der Waals surface area contributed by atoms with Gasteiger partial charge in [0.2, 0.25) is 5.91 Å². The Balaban J connectivity index is 1.33. The maximum Gasteiger partial charge on any atom is 0.416 e. The Kier molecular flexibility index (Phi) is 7.99. The highest BCUT2D eigenvalue weighted by atomic mass is 19.4. The number of rotatable bonds is 7. The van der Waals surface area contributed by atoms with Crippen LogP contribution in [-0.2, 0) is 22.1 Å². The average Bonchev–Trinajstić information content (AvgIpc) is 2.94. The molecule has 2 fully saturated rings. The van der Waals surface area contributed by atoms with Gasteiger partial charge in [0.25, 0.3) is 0 Å². The number of ether oxygens (including phenoxy) is 2. The molecule has 0 saturated carbocycles. The molecule has 1 N–H and O–H groups in total. The van der Waals surface area contributed by atoms with E-state index in [0.717, 1.165) is 62.5 Å². The predicted octanol–water partition coefficient (Wildman–Crippen LogP) is 3.42. The number of hydrogen-bond donors (Lipinski definition) is 1. The number of nitrogens with one attached hydrogen (secondary N) is 1. The summed E-state index contributed by atoms with van der Waals surface area (Å²) in [7, 11) is 1.63. The maximum absolute atomic E-state index is 13.5. The third-order valence-electron chi connectivity index (χ3n) is 7.87. The van der Waals surface area contributed by atoms with Crippen molar-refractivity contribution in [2.75, 3.05) is 75.9 Å². The summed E-state index contributed by atoms with van der Waals surface area (Å²) in [6.07, 6.45) is -3.32. The first-order valence-corrected chi connectivity index (χ1v) is 13.3. The molecule has 0 aromatic heterocycles. The Bertz CT molecular complexity index is 1110. The highest BCUT2D eigenvalue weighted by Gasteiger charge is 2.42. The van der Waals surface area contributed by atoms with Gasteiger partial charge in [-0.1, -0.05) is 0 Å². The van der Waals surface area contributed by atoms with Crippen molar-refractivity contribution < 1.29 is 27.4 Å². The van der Waals surface area contributed by atoms with E-state index in [1.165, 1.54) is 6.07 Å². The summed E-state index contributed by atoms with van der Waals surface area (Å²) < 4.78 is 51.1. The van der Waals surface area contributed by atoms with Gasteiger partial charge in [0.05, 0.1) is 37.8 Å². The van der Waals surface area contributed by atoms with Gasteiger partial charge in [0.15, 0.2) is 0 Å². The molecule has 3 aliphatic heterocycles. The quantitative estimate of drug-likeness (QED) is 0.552. The molecule has 2 saturated heterocycles. The lowest BCUT2D eigenvalue weighted by Crippen LogP contribution is -2.61. The fourth-order valence-electron chi connectivity index (χ4n) is 5.80. The first-order valence-electron chi connectivity index (χ1n) is 13.3. The van der Waals surface area contributed by atoms with Gasteiger partial charge in [-0.15, -0.1) is 0 Å². The average molecular weight is 533 g/mol. The number of morpholine rings is 1. The lowest BCUT2D eigenvalue weighted by atomic mass is 9.82. The molecule has 2 aromatic rings. The smallest absolute Gasteiger partial charge is 0.416 e. The van der Waals surface area contributed by atoms with E-state index in [1.807, 2.05) is 24.3 Å². The first-order chi connectivity index (χ1) is 18.3. The summed E-state index contributed by atoms with van der Waals surface area (Å²) in [5.74, 6) is 0.228. The molecule has 0 unspecified atom stereocenters. The molecular formula is C28H35F3N4O3. The molecule has 2 atom stereocenters. The van der Waals surface area contributed by atoms with Crippen LogP contribution >= 0.6 is 0 Å². The van der Waals surface area contributed by atoms with Crippen molar-refractivity contribution in [3.8, 4) is 5.75 Å². The van der Waals surface area contributed by atoms with E-state index in [1.54, 1.807) is 13.2 Å². The Hall–Kier alpha value is -2.98. The summed E-state index contributed by atoms with van der Waals surface area (Å²) in [6, 6.07) is 11.6. The zero-order chi connectivity index (χ0) is 26.7. The number of fused-ring (bicyclic) bond motifs is 3. The van der Waals surface area contributed by atoms with Crippen molar-refractivity contribution in [1.82, 2.24) is 10.2 Å². The lowest BCUT2D eigenvalue weighted by molar-refractivity contribution is -0.137. The standard InChI is InChI=1S/C28H35F3N4O3/c1-37-23-6-4-22(5-7-23)34-11-12-35-25-8-3-21(28(29,30)31)17-20(25)18-24(26(35)19-34)27(36)32-9-2-10-33-13-15-38-16-14-33/h3-8,17,24,26H,2,9-16,18-19H2,1H3,(H,32,36)/t24-,26-/m1/s1. The second-order valence-corrected chi connectivity index (χ2v) is 10.2. The van der Waals surface area contributed by atoms with Crippen LogP contribution in [0.15, 0.2) is 42.5 Å². The van der Waals surface area contributed by atoms with E-state index in [9.17, 15) is 18.0 Å². The zero-order valence-corrected chi connectivity index (χ0v) is 21.7. The molecule has 7 nitrogen and oxygen atoms in total. The normalized spacial score (nSPS) is 22.0. The number of nitrogens with zero attached hydrogens (tertiary/aromatic N) is 3. The predicted molar refractivity (Wildman–Crippen MR) is 140 cm³/mol. The van der Waals surface area contributed by atoms with Crippen LogP contribution in [0.5, 0.6) is 5.75 Å². The Labute approximate surface area is 221 Å². The number of anilines is 2. The molecule has 10 heteroatoms. The second-order valence-electron chi connectivity index (χ2n) is 10.2. The Morgan fingerprint density at radius 3 is 2.55 bits per heavy atom. The lowest BCUT2D eigenvalue weighted by Gasteiger charge is -2.49. The van der Waals surface area contributed by atoms with E-state index in [-0.39, 0.29) is 18.4 Å². The molecule has 0 aliphatic carbocycles. The number of benzene rings is 2. The minimum absolute atomic E-state index is 0.0957. The molecular weight excluding hydrogens is 497 g/mol. The van der Waals surface area contributed by atoms with Crippen LogP contribution in [0.1, 0.15) is 17.5 Å². The van der Waals surface area contributed by atoms with Crippen molar-refractivity contribution in [2.24, 2.45) is 5.92 Å². The minimum Gasteiger partial charge on any atom is -0.497 e. The van der Waals surface area contributed by atoms with E-state index >= 15 is 0 Å². The van der Waals surface area contributed by atoms with Crippen molar-refractivity contribution >= 4 is 17.3 Å². The van der Waals surface area contributed by atoms with E-state index < -0.39 is 17.7 Å². The number of amides is 1. The summed E-state index contributed by atoms with van der Waals surface area (Å²) in [5, 5.41) is 3.09. The monoisotopic (exact) mass is 532 g/mol. The van der Waals surface area contributed by atoms with Gasteiger partial charge in [0, 0.05) is 50.6 Å². The van der Waals surface area contributed by atoms with Gasteiger partial charge in [-0.2, -0.15) is 13.2 Å². The van der Waals surface area contributed by atoms with Crippen LogP contribution in [0.4, 0.5) is 24.5 Å². The molecule has 0 spiro atoms.